The monoisotopic (exact) mass is 254 g/mol. The predicted molar refractivity (Wildman–Crippen MR) is 70.1 cm³/mol. The normalized spacial score (nSPS) is 21.5. The zero-order valence-electron chi connectivity index (χ0n) is 10.4. The minimum Gasteiger partial charge on any atom is -0.389 e. The number of aromatic nitrogens is 2. The van der Waals surface area contributed by atoms with Gasteiger partial charge in [-0.25, -0.2) is 0 Å². The Morgan fingerprint density at radius 1 is 1.47 bits per heavy atom. The zero-order chi connectivity index (χ0) is 12.4. The Kier molecular flexibility index (Phi) is 3.89. The minimum atomic E-state index is -0.348. The van der Waals surface area contributed by atoms with Gasteiger partial charge in [-0.2, -0.15) is 5.10 Å². The van der Waals surface area contributed by atoms with Gasteiger partial charge in [0.2, 0.25) is 0 Å². The summed E-state index contributed by atoms with van der Waals surface area (Å²) in [4.78, 5) is 0. The summed E-state index contributed by atoms with van der Waals surface area (Å²) >= 11 is 6.22. The van der Waals surface area contributed by atoms with Crippen LogP contribution in [-0.4, -0.2) is 21.0 Å². The zero-order valence-corrected chi connectivity index (χ0v) is 11.1. The van der Waals surface area contributed by atoms with Crippen molar-refractivity contribution in [3.05, 3.63) is 23.0 Å². The first-order chi connectivity index (χ1) is 8.09. The molecule has 1 atom stereocenters. The van der Waals surface area contributed by atoms with Crippen molar-refractivity contribution >= 4 is 17.2 Å². The minimum absolute atomic E-state index is 0.277. The van der Waals surface area contributed by atoms with Crippen LogP contribution >= 0.6 is 11.6 Å². The summed E-state index contributed by atoms with van der Waals surface area (Å²) in [5.74, 6) is 0. The summed E-state index contributed by atoms with van der Waals surface area (Å²) in [6.45, 7) is 4.17. The largest absolute Gasteiger partial charge is 0.389 e. The lowest BCUT2D eigenvalue weighted by Crippen LogP contribution is -2.08. The SMILES string of the molecule is CC(C)n1ncc(Cl)c1C1=CC(O)CCCC1. The molecule has 0 fully saturated rings. The van der Waals surface area contributed by atoms with Crippen LogP contribution in [0.5, 0.6) is 0 Å². The van der Waals surface area contributed by atoms with E-state index in [1.165, 1.54) is 0 Å². The predicted octanol–water partition coefficient (Wildman–Crippen LogP) is 3.44. The fraction of sp³-hybridized carbons (Fsp3) is 0.615. The van der Waals surface area contributed by atoms with E-state index in [1.54, 1.807) is 6.20 Å². The summed E-state index contributed by atoms with van der Waals surface area (Å²) in [6.07, 6.45) is 7.26. The van der Waals surface area contributed by atoms with Gasteiger partial charge in [0, 0.05) is 6.04 Å². The van der Waals surface area contributed by atoms with E-state index in [9.17, 15) is 5.11 Å². The fourth-order valence-electron chi connectivity index (χ4n) is 2.30. The van der Waals surface area contributed by atoms with Crippen LogP contribution in [0.1, 0.15) is 51.3 Å². The van der Waals surface area contributed by atoms with Crippen molar-refractivity contribution in [2.24, 2.45) is 0 Å². The van der Waals surface area contributed by atoms with Gasteiger partial charge in [0.05, 0.1) is 23.0 Å². The third kappa shape index (κ3) is 2.72. The lowest BCUT2D eigenvalue weighted by atomic mass is 10.1. The van der Waals surface area contributed by atoms with E-state index >= 15 is 0 Å². The lowest BCUT2D eigenvalue weighted by Gasteiger charge is -2.14. The smallest absolute Gasteiger partial charge is 0.0862 e. The number of hydrogen-bond donors (Lipinski definition) is 1. The molecule has 0 saturated heterocycles. The summed E-state index contributed by atoms with van der Waals surface area (Å²) in [6, 6.07) is 0.277. The highest BCUT2D eigenvalue weighted by molar-refractivity contribution is 6.32. The van der Waals surface area contributed by atoms with Crippen LogP contribution in [0.25, 0.3) is 5.57 Å². The second kappa shape index (κ2) is 5.23. The molecular formula is C13H19ClN2O. The first kappa shape index (κ1) is 12.7. The van der Waals surface area contributed by atoms with E-state index in [4.69, 9.17) is 11.6 Å². The molecule has 0 amide bonds. The molecular weight excluding hydrogens is 236 g/mol. The molecule has 0 bridgehead atoms. The first-order valence-corrected chi connectivity index (χ1v) is 6.59. The Morgan fingerprint density at radius 3 is 2.94 bits per heavy atom. The molecule has 1 aromatic rings. The van der Waals surface area contributed by atoms with Crippen LogP contribution in [0.3, 0.4) is 0 Å². The van der Waals surface area contributed by atoms with E-state index in [2.05, 4.69) is 18.9 Å². The van der Waals surface area contributed by atoms with Crippen molar-refractivity contribution < 1.29 is 5.11 Å². The van der Waals surface area contributed by atoms with Crippen LogP contribution in [-0.2, 0) is 0 Å². The molecule has 94 valence electrons. The van der Waals surface area contributed by atoms with Crippen LogP contribution < -0.4 is 0 Å². The van der Waals surface area contributed by atoms with Crippen LogP contribution in [0, 0.1) is 0 Å². The second-order valence-electron chi connectivity index (χ2n) is 4.88. The molecule has 1 aromatic heterocycles. The van der Waals surface area contributed by atoms with Gasteiger partial charge >= 0.3 is 0 Å². The van der Waals surface area contributed by atoms with Crippen LogP contribution in [0.15, 0.2) is 12.3 Å². The van der Waals surface area contributed by atoms with Crippen molar-refractivity contribution in [2.45, 2.75) is 51.7 Å². The summed E-state index contributed by atoms with van der Waals surface area (Å²) in [5.41, 5.74) is 2.11. The Labute approximate surface area is 107 Å². The number of aliphatic hydroxyl groups excluding tert-OH is 1. The maximum atomic E-state index is 9.83. The van der Waals surface area contributed by atoms with Gasteiger partial charge in [-0.05, 0) is 38.7 Å². The van der Waals surface area contributed by atoms with Gasteiger partial charge in [0.15, 0.2) is 0 Å². The Bertz CT molecular complexity index is 423. The van der Waals surface area contributed by atoms with Gasteiger partial charge in [-0.15, -0.1) is 0 Å². The number of aliphatic hydroxyl groups is 1. The summed E-state index contributed by atoms with van der Waals surface area (Å²) in [7, 11) is 0. The van der Waals surface area contributed by atoms with Crippen molar-refractivity contribution in [3.8, 4) is 0 Å². The van der Waals surface area contributed by atoms with Crippen molar-refractivity contribution in [3.63, 3.8) is 0 Å². The molecule has 0 aliphatic heterocycles. The van der Waals surface area contributed by atoms with Gasteiger partial charge < -0.3 is 5.11 Å². The number of nitrogens with zero attached hydrogens (tertiary/aromatic N) is 2. The number of halogens is 1. The van der Waals surface area contributed by atoms with Crippen LogP contribution in [0.2, 0.25) is 5.02 Å². The van der Waals surface area contributed by atoms with Crippen LogP contribution in [0.4, 0.5) is 0 Å². The first-order valence-electron chi connectivity index (χ1n) is 6.21. The van der Waals surface area contributed by atoms with Crippen molar-refractivity contribution in [1.29, 1.82) is 0 Å². The molecule has 0 aromatic carbocycles. The fourth-order valence-corrected chi connectivity index (χ4v) is 2.55. The van der Waals surface area contributed by atoms with Gasteiger partial charge in [0.25, 0.3) is 0 Å². The van der Waals surface area contributed by atoms with Gasteiger partial charge in [-0.3, -0.25) is 4.68 Å². The van der Waals surface area contributed by atoms with E-state index in [0.717, 1.165) is 37.0 Å². The summed E-state index contributed by atoms with van der Waals surface area (Å²) < 4.78 is 1.94. The number of rotatable bonds is 2. The maximum Gasteiger partial charge on any atom is 0.0862 e. The highest BCUT2D eigenvalue weighted by Crippen LogP contribution is 2.32. The van der Waals surface area contributed by atoms with E-state index in [1.807, 2.05) is 10.8 Å². The molecule has 1 unspecified atom stereocenters. The average Bonchev–Trinajstić information content (AvgIpc) is 2.52. The molecule has 1 N–H and O–H groups in total. The molecule has 3 nitrogen and oxygen atoms in total. The molecule has 1 heterocycles. The molecule has 1 aliphatic carbocycles. The topological polar surface area (TPSA) is 38.0 Å². The van der Waals surface area contributed by atoms with E-state index < -0.39 is 0 Å². The Morgan fingerprint density at radius 2 is 2.24 bits per heavy atom. The molecule has 4 heteroatoms. The van der Waals surface area contributed by atoms with Gasteiger partial charge in [0.1, 0.15) is 0 Å². The molecule has 1 aliphatic rings. The second-order valence-corrected chi connectivity index (χ2v) is 5.29. The van der Waals surface area contributed by atoms with Crippen molar-refractivity contribution in [1.82, 2.24) is 9.78 Å². The maximum absolute atomic E-state index is 9.83. The third-order valence-electron chi connectivity index (χ3n) is 3.13. The average molecular weight is 255 g/mol. The molecule has 17 heavy (non-hydrogen) atoms. The number of allylic oxidation sites excluding steroid dienone is 1. The van der Waals surface area contributed by atoms with E-state index in [0.29, 0.717) is 5.02 Å². The standard InChI is InChI=1S/C13H19ClN2O/c1-9(2)16-13(12(14)8-15-16)10-5-3-4-6-11(17)7-10/h7-9,11,17H,3-6H2,1-2H3. The van der Waals surface area contributed by atoms with Crippen molar-refractivity contribution in [2.75, 3.05) is 0 Å². The summed E-state index contributed by atoms with van der Waals surface area (Å²) in [5, 5.41) is 14.8. The molecule has 2 rings (SSSR count). The van der Waals surface area contributed by atoms with E-state index in [-0.39, 0.29) is 12.1 Å². The quantitative estimate of drug-likeness (QED) is 0.878. The Balaban J connectivity index is 2.41. The third-order valence-corrected chi connectivity index (χ3v) is 3.41. The highest BCUT2D eigenvalue weighted by Gasteiger charge is 2.18. The molecule has 0 radical (unpaired) electrons. The highest BCUT2D eigenvalue weighted by atomic mass is 35.5. The van der Waals surface area contributed by atoms with Gasteiger partial charge in [-0.1, -0.05) is 24.1 Å². The lowest BCUT2D eigenvalue weighted by molar-refractivity contribution is 0.211. The molecule has 0 spiro atoms. The molecule has 0 saturated carbocycles. The Hall–Kier alpha value is -0.800. The number of hydrogen-bond acceptors (Lipinski definition) is 2.